The zero-order chi connectivity index (χ0) is 13.9. The largest absolute Gasteiger partial charge is 0.462 e. The lowest BCUT2D eigenvalue weighted by atomic mass is 10.3. The second-order valence-corrected chi connectivity index (χ2v) is 5.33. The van der Waals surface area contributed by atoms with Gasteiger partial charge in [0.25, 0.3) is 0 Å². The number of carbonyl (C=O) groups excluding carboxylic acids is 1. The monoisotopic (exact) mass is 291 g/mol. The fourth-order valence-electron chi connectivity index (χ4n) is 1.67. The van der Waals surface area contributed by atoms with Crippen molar-refractivity contribution in [2.75, 3.05) is 6.61 Å². The van der Waals surface area contributed by atoms with Crippen molar-refractivity contribution in [2.24, 2.45) is 0 Å². The van der Waals surface area contributed by atoms with Gasteiger partial charge in [-0.3, -0.25) is 0 Å². The van der Waals surface area contributed by atoms with Gasteiger partial charge in [0.1, 0.15) is 5.03 Å². The number of hydrogen-bond donors (Lipinski definition) is 0. The third-order valence-corrected chi connectivity index (χ3v) is 3.70. The molecule has 1 saturated carbocycles. The molecule has 0 aromatic carbocycles. The van der Waals surface area contributed by atoms with Gasteiger partial charge in [0.05, 0.1) is 18.2 Å². The molecule has 2 heterocycles. The Morgan fingerprint density at radius 2 is 2.35 bits per heavy atom. The summed E-state index contributed by atoms with van der Waals surface area (Å²) in [5.41, 5.74) is 0.443. The highest BCUT2D eigenvalue weighted by Crippen LogP contribution is 2.37. The first-order valence-electron chi connectivity index (χ1n) is 6.37. The number of aromatic nitrogens is 5. The smallest absolute Gasteiger partial charge is 0.339 e. The quantitative estimate of drug-likeness (QED) is 0.776. The van der Waals surface area contributed by atoms with Crippen LogP contribution in [0.5, 0.6) is 0 Å². The summed E-state index contributed by atoms with van der Waals surface area (Å²) in [6.07, 6.45) is 3.74. The van der Waals surface area contributed by atoms with E-state index in [1.54, 1.807) is 19.1 Å². The van der Waals surface area contributed by atoms with Crippen LogP contribution in [0, 0.1) is 0 Å². The molecule has 8 heteroatoms. The Morgan fingerprint density at radius 3 is 3.00 bits per heavy atom. The molecule has 0 spiro atoms. The summed E-state index contributed by atoms with van der Waals surface area (Å²) < 4.78 is 6.74. The molecule has 2 aromatic heterocycles. The van der Waals surface area contributed by atoms with Crippen LogP contribution in [-0.2, 0) is 4.74 Å². The van der Waals surface area contributed by atoms with Gasteiger partial charge >= 0.3 is 5.97 Å². The first-order valence-corrected chi connectivity index (χ1v) is 7.18. The first-order chi connectivity index (χ1) is 9.78. The molecule has 1 aliphatic rings. The van der Waals surface area contributed by atoms with Gasteiger partial charge in [-0.05, 0) is 54.1 Å². The number of carbonyl (C=O) groups is 1. The van der Waals surface area contributed by atoms with Gasteiger partial charge in [-0.15, -0.1) is 5.10 Å². The van der Waals surface area contributed by atoms with E-state index >= 15 is 0 Å². The van der Waals surface area contributed by atoms with Gasteiger partial charge in [-0.25, -0.2) is 14.5 Å². The molecular weight excluding hydrogens is 278 g/mol. The molecule has 0 N–H and O–H groups in total. The molecule has 20 heavy (non-hydrogen) atoms. The van der Waals surface area contributed by atoms with Crippen LogP contribution in [0.4, 0.5) is 0 Å². The molecule has 0 unspecified atom stereocenters. The Labute approximate surface area is 119 Å². The highest BCUT2D eigenvalue weighted by atomic mass is 32.2. The number of nitrogens with zero attached hydrogens (tertiary/aromatic N) is 5. The van der Waals surface area contributed by atoms with Gasteiger partial charge in [0.15, 0.2) is 0 Å². The SMILES string of the molecule is CCOC(=O)c1ccc(Sc2nnnn2C2CC2)nc1. The van der Waals surface area contributed by atoms with Gasteiger partial charge in [0, 0.05) is 6.20 Å². The van der Waals surface area contributed by atoms with Crippen LogP contribution in [0.2, 0.25) is 0 Å². The fourth-order valence-corrected chi connectivity index (χ4v) is 2.46. The van der Waals surface area contributed by atoms with Gasteiger partial charge < -0.3 is 4.74 Å². The predicted molar refractivity (Wildman–Crippen MR) is 70.4 cm³/mol. The van der Waals surface area contributed by atoms with Crippen molar-refractivity contribution in [3.05, 3.63) is 23.9 Å². The lowest BCUT2D eigenvalue weighted by molar-refractivity contribution is 0.0525. The maximum Gasteiger partial charge on any atom is 0.339 e. The van der Waals surface area contributed by atoms with Crippen molar-refractivity contribution in [3.63, 3.8) is 0 Å². The number of rotatable bonds is 5. The Bertz CT molecular complexity index is 609. The fraction of sp³-hybridized carbons (Fsp3) is 0.417. The summed E-state index contributed by atoms with van der Waals surface area (Å²) in [7, 11) is 0. The topological polar surface area (TPSA) is 82.8 Å². The molecule has 0 amide bonds. The molecule has 2 aromatic rings. The van der Waals surface area contributed by atoms with E-state index < -0.39 is 0 Å². The van der Waals surface area contributed by atoms with Crippen molar-refractivity contribution in [1.29, 1.82) is 0 Å². The zero-order valence-corrected chi connectivity index (χ0v) is 11.7. The zero-order valence-electron chi connectivity index (χ0n) is 10.9. The molecule has 0 atom stereocenters. The minimum absolute atomic E-state index is 0.353. The number of pyridine rings is 1. The first kappa shape index (κ1) is 13.0. The van der Waals surface area contributed by atoms with E-state index in [-0.39, 0.29) is 5.97 Å². The summed E-state index contributed by atoms with van der Waals surface area (Å²) in [5.74, 6) is -0.362. The van der Waals surface area contributed by atoms with Gasteiger partial charge in [-0.1, -0.05) is 0 Å². The Hall–Kier alpha value is -1.96. The molecule has 3 rings (SSSR count). The number of esters is 1. The standard InChI is InChI=1S/C12H13N5O2S/c1-2-19-11(18)8-3-6-10(13-7-8)20-12-14-15-16-17(12)9-4-5-9/h3,6-7,9H,2,4-5H2,1H3. The average molecular weight is 291 g/mol. The van der Waals surface area contributed by atoms with Crippen LogP contribution in [0.15, 0.2) is 28.5 Å². The molecule has 0 saturated heterocycles. The van der Waals surface area contributed by atoms with Crippen LogP contribution in [0.1, 0.15) is 36.2 Å². The third-order valence-electron chi connectivity index (χ3n) is 2.80. The van der Waals surface area contributed by atoms with Crippen molar-refractivity contribution in [2.45, 2.75) is 36.0 Å². The van der Waals surface area contributed by atoms with Crippen molar-refractivity contribution in [1.82, 2.24) is 25.2 Å². The van der Waals surface area contributed by atoms with Crippen LogP contribution in [-0.4, -0.2) is 37.8 Å². The van der Waals surface area contributed by atoms with Crippen LogP contribution >= 0.6 is 11.8 Å². The summed E-state index contributed by atoms with van der Waals surface area (Å²) >= 11 is 1.39. The summed E-state index contributed by atoms with van der Waals surface area (Å²) in [6, 6.07) is 3.88. The number of ether oxygens (including phenoxy) is 1. The number of hydrogen-bond acceptors (Lipinski definition) is 7. The van der Waals surface area contributed by atoms with E-state index in [1.165, 1.54) is 18.0 Å². The molecule has 1 fully saturated rings. The minimum atomic E-state index is -0.362. The predicted octanol–water partition coefficient (Wildman–Crippen LogP) is 1.73. The second-order valence-electron chi connectivity index (χ2n) is 4.34. The van der Waals surface area contributed by atoms with Crippen molar-refractivity contribution < 1.29 is 9.53 Å². The summed E-state index contributed by atoms with van der Waals surface area (Å²) in [4.78, 5) is 15.8. The Morgan fingerprint density at radius 1 is 1.50 bits per heavy atom. The van der Waals surface area contributed by atoms with Gasteiger partial charge in [0.2, 0.25) is 5.16 Å². The molecular formula is C12H13N5O2S. The van der Waals surface area contributed by atoms with E-state index in [9.17, 15) is 4.79 Å². The molecule has 7 nitrogen and oxygen atoms in total. The molecule has 104 valence electrons. The second kappa shape index (κ2) is 5.58. The number of tetrazole rings is 1. The molecule has 0 aliphatic heterocycles. The van der Waals surface area contributed by atoms with Crippen LogP contribution < -0.4 is 0 Å². The maximum absolute atomic E-state index is 11.5. The van der Waals surface area contributed by atoms with Crippen LogP contribution in [0.25, 0.3) is 0 Å². The lowest BCUT2D eigenvalue weighted by Gasteiger charge is -2.03. The minimum Gasteiger partial charge on any atom is -0.462 e. The van der Waals surface area contributed by atoms with Crippen molar-refractivity contribution >= 4 is 17.7 Å². The van der Waals surface area contributed by atoms with Crippen molar-refractivity contribution in [3.8, 4) is 0 Å². The normalized spacial score (nSPS) is 14.2. The lowest BCUT2D eigenvalue weighted by Crippen LogP contribution is -2.05. The summed E-state index contributed by atoms with van der Waals surface area (Å²) in [6.45, 7) is 2.12. The highest BCUT2D eigenvalue weighted by Gasteiger charge is 2.28. The highest BCUT2D eigenvalue weighted by molar-refractivity contribution is 7.99. The van der Waals surface area contributed by atoms with Gasteiger partial charge in [-0.2, -0.15) is 0 Å². The average Bonchev–Trinajstić information content (AvgIpc) is 3.20. The molecule has 0 bridgehead atoms. The van der Waals surface area contributed by atoms with E-state index in [2.05, 4.69) is 20.5 Å². The van der Waals surface area contributed by atoms with E-state index in [0.717, 1.165) is 23.0 Å². The Kier molecular flexibility index (Phi) is 3.64. The van der Waals surface area contributed by atoms with E-state index in [1.807, 2.05) is 4.68 Å². The van der Waals surface area contributed by atoms with E-state index in [0.29, 0.717) is 18.2 Å². The maximum atomic E-state index is 11.5. The van der Waals surface area contributed by atoms with E-state index in [4.69, 9.17) is 4.74 Å². The molecule has 0 radical (unpaired) electrons. The Balaban J connectivity index is 1.71. The van der Waals surface area contributed by atoms with Crippen LogP contribution in [0.3, 0.4) is 0 Å². The third kappa shape index (κ3) is 2.79. The summed E-state index contributed by atoms with van der Waals surface area (Å²) in [5, 5.41) is 13.1. The molecule has 1 aliphatic carbocycles.